The number of likely N-dealkylation sites (tertiary alicyclic amines) is 1. The van der Waals surface area contributed by atoms with E-state index in [4.69, 9.17) is 5.26 Å². The van der Waals surface area contributed by atoms with Crippen molar-refractivity contribution in [1.29, 1.82) is 5.26 Å². The van der Waals surface area contributed by atoms with Crippen molar-refractivity contribution >= 4 is 17.0 Å². The number of aliphatic hydroxyl groups is 1. The SMILES string of the molecule is N#Cc1csc(CNc2ccccc2CN2CCC(O)CC2)c1. The Bertz CT molecular complexity index is 684. The number of benzene rings is 1. The summed E-state index contributed by atoms with van der Waals surface area (Å²) >= 11 is 1.61. The summed E-state index contributed by atoms with van der Waals surface area (Å²) in [7, 11) is 0. The van der Waals surface area contributed by atoms with Crippen LogP contribution in [0.25, 0.3) is 0 Å². The fourth-order valence-corrected chi connectivity index (χ4v) is 3.61. The molecule has 1 fully saturated rings. The molecule has 5 heteroatoms. The topological polar surface area (TPSA) is 59.3 Å². The molecule has 120 valence electrons. The molecule has 2 heterocycles. The lowest BCUT2D eigenvalue weighted by Crippen LogP contribution is -2.35. The minimum Gasteiger partial charge on any atom is -0.393 e. The van der Waals surface area contributed by atoms with Crippen LogP contribution in [-0.4, -0.2) is 29.2 Å². The van der Waals surface area contributed by atoms with Crippen LogP contribution in [0, 0.1) is 11.3 Å². The van der Waals surface area contributed by atoms with E-state index in [0.717, 1.165) is 55.1 Å². The Morgan fingerprint density at radius 2 is 2.09 bits per heavy atom. The number of hydrogen-bond donors (Lipinski definition) is 2. The summed E-state index contributed by atoms with van der Waals surface area (Å²) in [6.07, 6.45) is 1.59. The highest BCUT2D eigenvalue weighted by Gasteiger charge is 2.17. The standard InChI is InChI=1S/C18H21N3OS/c19-10-14-9-17(23-13-14)11-20-18-4-2-1-3-15(18)12-21-7-5-16(22)6-8-21/h1-4,9,13,16,20,22H,5-8,11-12H2. The number of thiophene rings is 1. The average molecular weight is 327 g/mol. The fraction of sp³-hybridized carbons (Fsp3) is 0.389. The van der Waals surface area contributed by atoms with Crippen molar-refractivity contribution in [1.82, 2.24) is 4.90 Å². The van der Waals surface area contributed by atoms with Gasteiger partial charge in [-0.3, -0.25) is 4.90 Å². The van der Waals surface area contributed by atoms with Gasteiger partial charge in [0.05, 0.1) is 11.7 Å². The molecule has 0 radical (unpaired) electrons. The van der Waals surface area contributed by atoms with Gasteiger partial charge in [-0.2, -0.15) is 5.26 Å². The zero-order valence-corrected chi connectivity index (χ0v) is 13.9. The zero-order valence-electron chi connectivity index (χ0n) is 13.0. The number of nitrogens with one attached hydrogen (secondary N) is 1. The summed E-state index contributed by atoms with van der Waals surface area (Å²) in [4.78, 5) is 3.56. The van der Waals surface area contributed by atoms with E-state index in [1.165, 1.54) is 5.56 Å². The molecule has 1 aliphatic heterocycles. The van der Waals surface area contributed by atoms with Gasteiger partial charge in [0.2, 0.25) is 0 Å². The Hall–Kier alpha value is -1.87. The lowest BCUT2D eigenvalue weighted by molar-refractivity contribution is 0.0793. The number of nitrogens with zero attached hydrogens (tertiary/aromatic N) is 2. The summed E-state index contributed by atoms with van der Waals surface area (Å²) in [5.74, 6) is 0. The Balaban J connectivity index is 1.62. The van der Waals surface area contributed by atoms with Crippen molar-refractivity contribution in [2.75, 3.05) is 18.4 Å². The van der Waals surface area contributed by atoms with Crippen LogP contribution in [-0.2, 0) is 13.1 Å². The predicted molar refractivity (Wildman–Crippen MR) is 93.3 cm³/mol. The van der Waals surface area contributed by atoms with Crippen LogP contribution in [0.1, 0.15) is 28.8 Å². The molecule has 0 saturated carbocycles. The first-order valence-electron chi connectivity index (χ1n) is 7.94. The summed E-state index contributed by atoms with van der Waals surface area (Å²) < 4.78 is 0. The van der Waals surface area contributed by atoms with Gasteiger partial charge in [-0.05, 0) is 30.5 Å². The second-order valence-corrected chi connectivity index (χ2v) is 6.93. The third-order valence-electron chi connectivity index (χ3n) is 4.20. The van der Waals surface area contributed by atoms with Crippen LogP contribution in [0.4, 0.5) is 5.69 Å². The Kier molecular flexibility index (Phi) is 5.29. The number of nitriles is 1. The Morgan fingerprint density at radius 1 is 1.30 bits per heavy atom. The lowest BCUT2D eigenvalue weighted by Gasteiger charge is -2.30. The minimum absolute atomic E-state index is 0.132. The molecule has 0 amide bonds. The highest BCUT2D eigenvalue weighted by Crippen LogP contribution is 2.22. The number of piperidine rings is 1. The van der Waals surface area contributed by atoms with E-state index in [9.17, 15) is 5.11 Å². The second kappa shape index (κ2) is 7.60. The summed E-state index contributed by atoms with van der Waals surface area (Å²) in [5.41, 5.74) is 3.15. The molecule has 0 spiro atoms. The Morgan fingerprint density at radius 3 is 2.83 bits per heavy atom. The molecule has 1 aliphatic rings. The molecule has 3 rings (SSSR count). The average Bonchev–Trinajstić information content (AvgIpc) is 3.04. The van der Waals surface area contributed by atoms with E-state index in [1.807, 2.05) is 17.5 Å². The molecule has 2 aromatic rings. The molecule has 1 aromatic carbocycles. The molecule has 0 bridgehead atoms. The molecule has 0 unspecified atom stereocenters. The van der Waals surface area contributed by atoms with Crippen LogP contribution in [0.5, 0.6) is 0 Å². The maximum absolute atomic E-state index is 9.62. The molecular formula is C18H21N3OS. The number of para-hydroxylation sites is 1. The number of hydrogen-bond acceptors (Lipinski definition) is 5. The molecule has 0 atom stereocenters. The van der Waals surface area contributed by atoms with Gasteiger partial charge in [0, 0.05) is 42.1 Å². The molecule has 23 heavy (non-hydrogen) atoms. The normalized spacial score (nSPS) is 16.2. The Labute approximate surface area is 141 Å². The van der Waals surface area contributed by atoms with Gasteiger partial charge in [0.15, 0.2) is 0 Å². The predicted octanol–water partition coefficient (Wildman–Crippen LogP) is 3.19. The molecule has 4 nitrogen and oxygen atoms in total. The first kappa shape index (κ1) is 16.0. The van der Waals surface area contributed by atoms with Crippen LogP contribution >= 0.6 is 11.3 Å². The highest BCUT2D eigenvalue weighted by molar-refractivity contribution is 7.10. The van der Waals surface area contributed by atoms with Gasteiger partial charge in [0.1, 0.15) is 6.07 Å². The molecule has 0 aliphatic carbocycles. The molecule has 1 aromatic heterocycles. The van der Waals surface area contributed by atoms with Crippen molar-refractivity contribution in [3.8, 4) is 6.07 Å². The zero-order chi connectivity index (χ0) is 16.1. The first-order chi connectivity index (χ1) is 11.2. The maximum atomic E-state index is 9.62. The van der Waals surface area contributed by atoms with Gasteiger partial charge < -0.3 is 10.4 Å². The van der Waals surface area contributed by atoms with E-state index in [1.54, 1.807) is 11.3 Å². The third kappa shape index (κ3) is 4.32. The van der Waals surface area contributed by atoms with E-state index in [2.05, 4.69) is 34.5 Å². The first-order valence-corrected chi connectivity index (χ1v) is 8.82. The molecule has 1 saturated heterocycles. The fourth-order valence-electron chi connectivity index (χ4n) is 2.86. The number of rotatable bonds is 5. The minimum atomic E-state index is -0.132. The van der Waals surface area contributed by atoms with Crippen molar-refractivity contribution in [3.63, 3.8) is 0 Å². The maximum Gasteiger partial charge on any atom is 0.100 e. The van der Waals surface area contributed by atoms with Gasteiger partial charge in [-0.25, -0.2) is 0 Å². The van der Waals surface area contributed by atoms with Gasteiger partial charge in [-0.1, -0.05) is 18.2 Å². The van der Waals surface area contributed by atoms with E-state index in [-0.39, 0.29) is 6.10 Å². The van der Waals surface area contributed by atoms with Gasteiger partial charge >= 0.3 is 0 Å². The van der Waals surface area contributed by atoms with Crippen molar-refractivity contribution in [3.05, 3.63) is 51.7 Å². The summed E-state index contributed by atoms with van der Waals surface area (Å²) in [5, 5.41) is 23.9. The van der Waals surface area contributed by atoms with Crippen molar-refractivity contribution in [2.45, 2.75) is 32.0 Å². The van der Waals surface area contributed by atoms with E-state index in [0.29, 0.717) is 0 Å². The van der Waals surface area contributed by atoms with Crippen LogP contribution in [0.3, 0.4) is 0 Å². The summed E-state index contributed by atoms with van der Waals surface area (Å²) in [6.45, 7) is 3.55. The van der Waals surface area contributed by atoms with Gasteiger partial charge in [0.25, 0.3) is 0 Å². The lowest BCUT2D eigenvalue weighted by atomic mass is 10.1. The van der Waals surface area contributed by atoms with E-state index >= 15 is 0 Å². The summed E-state index contributed by atoms with van der Waals surface area (Å²) in [6, 6.07) is 12.5. The molecular weight excluding hydrogens is 306 g/mol. The van der Waals surface area contributed by atoms with Crippen LogP contribution < -0.4 is 5.32 Å². The van der Waals surface area contributed by atoms with Gasteiger partial charge in [-0.15, -0.1) is 11.3 Å². The second-order valence-electron chi connectivity index (χ2n) is 5.93. The van der Waals surface area contributed by atoms with Crippen molar-refractivity contribution in [2.24, 2.45) is 0 Å². The van der Waals surface area contributed by atoms with Crippen molar-refractivity contribution < 1.29 is 5.11 Å². The van der Waals surface area contributed by atoms with Crippen LogP contribution in [0.2, 0.25) is 0 Å². The largest absolute Gasteiger partial charge is 0.393 e. The quantitative estimate of drug-likeness (QED) is 0.885. The van der Waals surface area contributed by atoms with Crippen LogP contribution in [0.15, 0.2) is 35.7 Å². The monoisotopic (exact) mass is 327 g/mol. The van der Waals surface area contributed by atoms with E-state index < -0.39 is 0 Å². The number of aliphatic hydroxyl groups excluding tert-OH is 1. The molecule has 2 N–H and O–H groups in total. The third-order valence-corrected chi connectivity index (χ3v) is 5.14. The smallest absolute Gasteiger partial charge is 0.100 e. The number of anilines is 1. The highest BCUT2D eigenvalue weighted by atomic mass is 32.1.